The minimum Gasteiger partial charge on any atom is -0.481 e. The van der Waals surface area contributed by atoms with E-state index in [2.05, 4.69) is 16.4 Å². The van der Waals surface area contributed by atoms with Gasteiger partial charge in [0.15, 0.2) is 0 Å². The first-order chi connectivity index (χ1) is 8.65. The minimum atomic E-state index is -0.821. The summed E-state index contributed by atoms with van der Waals surface area (Å²) in [5.74, 6) is -0.331. The summed E-state index contributed by atoms with van der Waals surface area (Å²) in [6.07, 6.45) is 5.30. The van der Waals surface area contributed by atoms with Gasteiger partial charge in [0.25, 0.3) is 0 Å². The largest absolute Gasteiger partial charge is 0.481 e. The number of carboxylic acids is 1. The summed E-state index contributed by atoms with van der Waals surface area (Å²) in [5.41, 5.74) is 0.000337. The van der Waals surface area contributed by atoms with Crippen LogP contribution in [0.1, 0.15) is 37.7 Å². The van der Waals surface area contributed by atoms with E-state index in [-0.39, 0.29) is 6.42 Å². The molecule has 1 fully saturated rings. The van der Waals surface area contributed by atoms with Crippen LogP contribution >= 0.6 is 0 Å². The molecule has 2 N–H and O–H groups in total. The Labute approximate surface area is 105 Å². The molecule has 1 saturated carbocycles. The molecule has 2 rings (SSSR count). The van der Waals surface area contributed by atoms with Crippen molar-refractivity contribution in [2.24, 2.45) is 0 Å². The molecule has 0 saturated heterocycles. The number of hydrogen-bond donors (Lipinski definition) is 2. The Hall–Kier alpha value is -2.09. The Bertz CT molecular complexity index is 487. The van der Waals surface area contributed by atoms with Gasteiger partial charge in [-0.25, -0.2) is 4.98 Å². The van der Waals surface area contributed by atoms with Gasteiger partial charge >= 0.3 is 5.97 Å². The van der Waals surface area contributed by atoms with Crippen LogP contribution in [0.25, 0.3) is 0 Å². The third kappa shape index (κ3) is 2.59. The number of hydrogen-bond acceptors (Lipinski definition) is 4. The molecular weight excluding hydrogens is 230 g/mol. The lowest BCUT2D eigenvalue weighted by Gasteiger charge is -2.29. The van der Waals surface area contributed by atoms with E-state index in [1.54, 1.807) is 18.3 Å². The summed E-state index contributed by atoms with van der Waals surface area (Å²) >= 11 is 0. The summed E-state index contributed by atoms with van der Waals surface area (Å²) in [4.78, 5) is 15.1. The van der Waals surface area contributed by atoms with Gasteiger partial charge in [-0.15, -0.1) is 0 Å². The van der Waals surface area contributed by atoms with Crippen molar-refractivity contribution in [3.63, 3.8) is 0 Å². The number of carboxylic acid groups (broad SMARTS) is 1. The summed E-state index contributed by atoms with van der Waals surface area (Å²) in [5, 5.41) is 21.2. The predicted octanol–water partition coefficient (Wildman–Crippen LogP) is 2.15. The molecule has 1 aliphatic carbocycles. The van der Waals surface area contributed by atoms with E-state index in [1.165, 1.54) is 0 Å². The zero-order valence-electron chi connectivity index (χ0n) is 10.0. The van der Waals surface area contributed by atoms with Crippen LogP contribution in [0.2, 0.25) is 0 Å². The first kappa shape index (κ1) is 12.4. The van der Waals surface area contributed by atoms with Crippen molar-refractivity contribution in [2.45, 2.75) is 37.6 Å². The molecule has 94 valence electrons. The molecule has 0 amide bonds. The lowest BCUT2D eigenvalue weighted by Crippen LogP contribution is -2.38. The number of aliphatic carboxylic acids is 1. The van der Waals surface area contributed by atoms with Crippen LogP contribution in [0.3, 0.4) is 0 Å². The lowest BCUT2D eigenvalue weighted by atomic mass is 9.93. The number of rotatable bonds is 4. The van der Waals surface area contributed by atoms with Gasteiger partial charge < -0.3 is 10.4 Å². The number of carbonyl (C=O) groups is 1. The molecule has 0 aliphatic heterocycles. The van der Waals surface area contributed by atoms with Gasteiger partial charge in [-0.1, -0.05) is 12.8 Å². The zero-order chi connectivity index (χ0) is 13.0. The summed E-state index contributed by atoms with van der Waals surface area (Å²) in [6, 6.07) is 5.44. The maximum absolute atomic E-state index is 11.0. The molecule has 0 spiro atoms. The maximum Gasteiger partial charge on any atom is 0.305 e. The Morgan fingerprint density at radius 2 is 2.28 bits per heavy atom. The molecule has 5 nitrogen and oxygen atoms in total. The molecule has 0 radical (unpaired) electrons. The molecule has 0 bridgehead atoms. The van der Waals surface area contributed by atoms with Crippen LogP contribution in [0.4, 0.5) is 5.82 Å². The van der Waals surface area contributed by atoms with Gasteiger partial charge in [-0.2, -0.15) is 5.26 Å². The highest BCUT2D eigenvalue weighted by atomic mass is 16.4. The molecule has 0 unspecified atom stereocenters. The van der Waals surface area contributed by atoms with Crippen molar-refractivity contribution in [1.29, 1.82) is 5.26 Å². The molecular formula is C13H15N3O2. The van der Waals surface area contributed by atoms with Crippen molar-refractivity contribution in [1.82, 2.24) is 4.98 Å². The van der Waals surface area contributed by atoms with E-state index in [9.17, 15) is 4.79 Å². The van der Waals surface area contributed by atoms with Crippen molar-refractivity contribution >= 4 is 11.8 Å². The molecule has 1 aromatic heterocycles. The van der Waals surface area contributed by atoms with Gasteiger partial charge in [0, 0.05) is 11.7 Å². The fourth-order valence-electron chi connectivity index (χ4n) is 2.53. The van der Waals surface area contributed by atoms with Crippen LogP contribution in [0.15, 0.2) is 18.3 Å². The number of nitriles is 1. The Morgan fingerprint density at radius 1 is 1.56 bits per heavy atom. The van der Waals surface area contributed by atoms with Crippen LogP contribution in [-0.2, 0) is 4.79 Å². The van der Waals surface area contributed by atoms with Crippen molar-refractivity contribution in [2.75, 3.05) is 5.32 Å². The average molecular weight is 245 g/mol. The molecule has 1 aromatic rings. The van der Waals surface area contributed by atoms with E-state index < -0.39 is 11.5 Å². The predicted molar refractivity (Wildman–Crippen MR) is 66.0 cm³/mol. The second-order valence-corrected chi connectivity index (χ2v) is 4.69. The first-order valence-corrected chi connectivity index (χ1v) is 6.00. The fourth-order valence-corrected chi connectivity index (χ4v) is 2.53. The average Bonchev–Trinajstić information content (AvgIpc) is 2.77. The zero-order valence-corrected chi connectivity index (χ0v) is 10.0. The van der Waals surface area contributed by atoms with Gasteiger partial charge in [0.05, 0.1) is 12.0 Å². The summed E-state index contributed by atoms with van der Waals surface area (Å²) in [7, 11) is 0. The highest BCUT2D eigenvalue weighted by Gasteiger charge is 2.36. The third-order valence-corrected chi connectivity index (χ3v) is 3.36. The highest BCUT2D eigenvalue weighted by molar-refractivity contribution is 5.70. The number of pyridine rings is 1. The number of nitrogens with one attached hydrogen (secondary N) is 1. The van der Waals surface area contributed by atoms with Gasteiger partial charge in [-0.05, 0) is 25.0 Å². The first-order valence-electron chi connectivity index (χ1n) is 6.00. The number of anilines is 1. The number of nitrogens with zero attached hydrogens (tertiary/aromatic N) is 2. The van der Waals surface area contributed by atoms with Crippen molar-refractivity contribution in [3.05, 3.63) is 23.9 Å². The summed E-state index contributed by atoms with van der Waals surface area (Å²) < 4.78 is 0. The van der Waals surface area contributed by atoms with E-state index >= 15 is 0 Å². The van der Waals surface area contributed by atoms with Crippen LogP contribution < -0.4 is 5.32 Å². The van der Waals surface area contributed by atoms with Crippen LogP contribution in [-0.4, -0.2) is 21.6 Å². The van der Waals surface area contributed by atoms with Crippen molar-refractivity contribution < 1.29 is 9.90 Å². The molecule has 1 heterocycles. The van der Waals surface area contributed by atoms with Crippen LogP contribution in [0, 0.1) is 11.3 Å². The smallest absolute Gasteiger partial charge is 0.305 e. The van der Waals surface area contributed by atoms with Gasteiger partial charge in [0.1, 0.15) is 11.9 Å². The van der Waals surface area contributed by atoms with Crippen molar-refractivity contribution in [3.8, 4) is 6.07 Å². The van der Waals surface area contributed by atoms with E-state index in [0.29, 0.717) is 11.4 Å². The monoisotopic (exact) mass is 245 g/mol. The standard InChI is InChI=1S/C13H15N3O2/c14-9-10-4-3-7-15-12(10)16-13(8-11(17)18)5-1-2-6-13/h3-4,7H,1-2,5-6,8H2,(H,15,16)(H,17,18). The molecule has 1 aliphatic rings. The molecule has 0 aromatic carbocycles. The van der Waals surface area contributed by atoms with E-state index in [4.69, 9.17) is 10.4 Å². The number of aromatic nitrogens is 1. The van der Waals surface area contributed by atoms with Gasteiger partial charge in [-0.3, -0.25) is 4.79 Å². The van der Waals surface area contributed by atoms with Crippen LogP contribution in [0.5, 0.6) is 0 Å². The van der Waals surface area contributed by atoms with E-state index in [1.807, 2.05) is 0 Å². The lowest BCUT2D eigenvalue weighted by molar-refractivity contribution is -0.138. The van der Waals surface area contributed by atoms with E-state index in [0.717, 1.165) is 25.7 Å². The Kier molecular flexibility index (Phi) is 3.47. The Morgan fingerprint density at radius 3 is 2.89 bits per heavy atom. The second-order valence-electron chi connectivity index (χ2n) is 4.69. The van der Waals surface area contributed by atoms with Gasteiger partial charge in [0.2, 0.25) is 0 Å². The highest BCUT2D eigenvalue weighted by Crippen LogP contribution is 2.36. The Balaban J connectivity index is 2.24. The molecule has 0 atom stereocenters. The maximum atomic E-state index is 11.0. The minimum absolute atomic E-state index is 0.0639. The normalized spacial score (nSPS) is 17.1. The summed E-state index contributed by atoms with van der Waals surface area (Å²) in [6.45, 7) is 0. The topological polar surface area (TPSA) is 86.0 Å². The SMILES string of the molecule is N#Cc1cccnc1NC1(CC(=O)O)CCCC1. The second kappa shape index (κ2) is 5.05. The molecule has 18 heavy (non-hydrogen) atoms. The third-order valence-electron chi connectivity index (χ3n) is 3.36. The fraction of sp³-hybridized carbons (Fsp3) is 0.462. The molecule has 5 heteroatoms. The quantitative estimate of drug-likeness (QED) is 0.848.